The van der Waals surface area contributed by atoms with Gasteiger partial charge in [0.05, 0.1) is 23.8 Å². The first-order valence-electron chi connectivity index (χ1n) is 13.4. The van der Waals surface area contributed by atoms with Crippen LogP contribution in [-0.4, -0.2) is 65.7 Å². The van der Waals surface area contributed by atoms with E-state index >= 15 is 0 Å². The molecule has 4 aromatic heterocycles. The number of fused-ring (bicyclic) bond motifs is 1. The predicted molar refractivity (Wildman–Crippen MR) is 157 cm³/mol. The Morgan fingerprint density at radius 2 is 2.18 bits per heavy atom. The van der Waals surface area contributed by atoms with Crippen molar-refractivity contribution < 1.29 is 4.79 Å². The van der Waals surface area contributed by atoms with Crippen LogP contribution in [0.25, 0.3) is 16.9 Å². The van der Waals surface area contributed by atoms with Gasteiger partial charge in [0.25, 0.3) is 0 Å². The molecule has 0 aliphatic carbocycles. The maximum Gasteiger partial charge on any atom is 0.241 e. The number of amides is 1. The maximum atomic E-state index is 12.4. The number of rotatable bonds is 9. The van der Waals surface area contributed by atoms with Crippen molar-refractivity contribution in [1.29, 1.82) is 0 Å². The minimum Gasteiger partial charge on any atom is -0.353 e. The van der Waals surface area contributed by atoms with Gasteiger partial charge in [-0.25, -0.2) is 14.4 Å². The van der Waals surface area contributed by atoms with E-state index < -0.39 is 0 Å². The summed E-state index contributed by atoms with van der Waals surface area (Å²) in [6, 6.07) is 2.01. The second kappa shape index (κ2) is 11.5. The van der Waals surface area contributed by atoms with Gasteiger partial charge in [0.15, 0.2) is 11.5 Å². The van der Waals surface area contributed by atoms with Gasteiger partial charge in [-0.15, -0.1) is 0 Å². The Labute approximate surface area is 236 Å². The van der Waals surface area contributed by atoms with Crippen molar-refractivity contribution in [3.63, 3.8) is 0 Å². The first-order chi connectivity index (χ1) is 19.0. The summed E-state index contributed by atoms with van der Waals surface area (Å²) >= 11 is 3.21. The molecule has 204 valence electrons. The SMILES string of the molecule is Cc1cn2c(-c3cnn(CC(=O)NCc4ccsc4)c3)cnc2c(NC2CC(CN3CCCC(C)C3)=NS2)n1. The van der Waals surface area contributed by atoms with E-state index in [1.165, 1.54) is 25.1 Å². The highest BCUT2D eigenvalue weighted by molar-refractivity contribution is 7.99. The predicted octanol–water partition coefficient (Wildman–Crippen LogP) is 4.24. The zero-order valence-electron chi connectivity index (χ0n) is 22.2. The van der Waals surface area contributed by atoms with Crippen LogP contribution in [0.2, 0.25) is 0 Å². The minimum absolute atomic E-state index is 0.0778. The van der Waals surface area contributed by atoms with E-state index in [1.807, 2.05) is 46.7 Å². The topological polar surface area (TPSA) is 105 Å². The molecule has 6 rings (SSSR count). The maximum absolute atomic E-state index is 12.4. The number of imidazole rings is 1. The summed E-state index contributed by atoms with van der Waals surface area (Å²) in [5, 5.41) is 15.1. The van der Waals surface area contributed by atoms with Crippen molar-refractivity contribution in [2.45, 2.75) is 51.6 Å². The molecule has 2 N–H and O–H groups in total. The van der Waals surface area contributed by atoms with E-state index in [0.717, 1.165) is 59.4 Å². The molecule has 1 fully saturated rings. The van der Waals surface area contributed by atoms with Crippen molar-refractivity contribution in [3.8, 4) is 11.3 Å². The summed E-state index contributed by atoms with van der Waals surface area (Å²) < 4.78 is 8.47. The Morgan fingerprint density at radius 3 is 3.03 bits per heavy atom. The highest BCUT2D eigenvalue weighted by Gasteiger charge is 2.25. The van der Waals surface area contributed by atoms with Gasteiger partial charge >= 0.3 is 0 Å². The molecule has 10 nitrogen and oxygen atoms in total. The fourth-order valence-electron chi connectivity index (χ4n) is 5.24. The molecule has 2 unspecified atom stereocenters. The van der Waals surface area contributed by atoms with Crippen molar-refractivity contribution >= 4 is 46.4 Å². The third-order valence-electron chi connectivity index (χ3n) is 7.09. The van der Waals surface area contributed by atoms with Crippen LogP contribution in [0.4, 0.5) is 5.82 Å². The van der Waals surface area contributed by atoms with Crippen molar-refractivity contribution in [2.24, 2.45) is 10.3 Å². The van der Waals surface area contributed by atoms with Crippen LogP contribution in [0.15, 0.2) is 46.0 Å². The van der Waals surface area contributed by atoms with Crippen LogP contribution in [-0.2, 0) is 17.9 Å². The summed E-state index contributed by atoms with van der Waals surface area (Å²) in [7, 11) is 0. The number of hydrogen-bond donors (Lipinski definition) is 2. The molecule has 2 aliphatic heterocycles. The molecule has 2 aliphatic rings. The lowest BCUT2D eigenvalue weighted by Crippen LogP contribution is -2.38. The standard InChI is InChI=1S/C27H33N9OS2/c1-18-4-3-6-34(12-18)15-22-8-25(39-33-22)32-26-27-29-11-23(36(27)13-19(2)31-26)21-10-30-35(14-21)16-24(37)28-9-20-5-7-38-17-20/h5,7,10-11,13-14,17-18,25H,3-4,6,8-9,12,15-16H2,1-2H3,(H,28,37)(H,31,32). The van der Waals surface area contributed by atoms with Gasteiger partial charge in [0.2, 0.25) is 5.91 Å². The van der Waals surface area contributed by atoms with E-state index in [2.05, 4.69) is 27.6 Å². The van der Waals surface area contributed by atoms with E-state index in [1.54, 1.807) is 34.2 Å². The molecular weight excluding hydrogens is 530 g/mol. The van der Waals surface area contributed by atoms with E-state index in [4.69, 9.17) is 14.4 Å². The summed E-state index contributed by atoms with van der Waals surface area (Å²) in [4.78, 5) is 24.4. The van der Waals surface area contributed by atoms with E-state index in [-0.39, 0.29) is 17.8 Å². The van der Waals surface area contributed by atoms with E-state index in [0.29, 0.717) is 6.54 Å². The monoisotopic (exact) mass is 563 g/mol. The average molecular weight is 564 g/mol. The van der Waals surface area contributed by atoms with Gasteiger partial charge in [-0.05, 0) is 66.6 Å². The molecule has 0 bridgehead atoms. The summed E-state index contributed by atoms with van der Waals surface area (Å²) in [6.45, 7) is 8.28. The summed E-state index contributed by atoms with van der Waals surface area (Å²) in [5.41, 5.74) is 5.78. The molecule has 2 atom stereocenters. The number of aryl methyl sites for hydroxylation is 1. The molecule has 0 radical (unpaired) electrons. The van der Waals surface area contributed by atoms with Crippen molar-refractivity contribution in [2.75, 3.05) is 25.0 Å². The third-order valence-corrected chi connectivity index (χ3v) is 8.73. The number of anilines is 1. The fraction of sp³-hybridized carbons (Fsp3) is 0.444. The number of hydrogen-bond acceptors (Lipinski definition) is 9. The van der Waals surface area contributed by atoms with Gasteiger partial charge in [-0.3, -0.25) is 18.8 Å². The van der Waals surface area contributed by atoms with Crippen LogP contribution in [0, 0.1) is 12.8 Å². The molecule has 0 spiro atoms. The molecule has 39 heavy (non-hydrogen) atoms. The number of nitrogens with one attached hydrogen (secondary N) is 2. The second-order valence-corrected chi connectivity index (χ2v) is 12.2. The van der Waals surface area contributed by atoms with Crippen molar-refractivity contribution in [3.05, 3.63) is 52.9 Å². The number of carbonyl (C=O) groups is 1. The molecule has 12 heteroatoms. The van der Waals surface area contributed by atoms with E-state index in [9.17, 15) is 4.79 Å². The largest absolute Gasteiger partial charge is 0.353 e. The molecule has 4 aromatic rings. The molecule has 6 heterocycles. The Bertz CT molecular complexity index is 1480. The number of likely N-dealkylation sites (tertiary alicyclic amines) is 1. The molecular formula is C27H33N9OS2. The number of carbonyl (C=O) groups excluding carboxylic acids is 1. The van der Waals surface area contributed by atoms with Crippen molar-refractivity contribution in [1.82, 2.24) is 34.4 Å². The highest BCUT2D eigenvalue weighted by atomic mass is 32.2. The Kier molecular flexibility index (Phi) is 7.67. The molecule has 0 saturated carbocycles. The minimum atomic E-state index is -0.0778. The number of nitrogens with zero attached hydrogens (tertiary/aromatic N) is 7. The number of thiophene rings is 1. The number of aromatic nitrogens is 5. The highest BCUT2D eigenvalue weighted by Crippen LogP contribution is 2.30. The van der Waals surface area contributed by atoms with Gasteiger partial charge in [0.1, 0.15) is 11.9 Å². The molecule has 1 saturated heterocycles. The Balaban J connectivity index is 1.11. The lowest BCUT2D eigenvalue weighted by Gasteiger charge is -2.30. The van der Waals surface area contributed by atoms with Crippen LogP contribution in [0.5, 0.6) is 0 Å². The Morgan fingerprint density at radius 1 is 1.26 bits per heavy atom. The first-order valence-corrected chi connectivity index (χ1v) is 15.1. The van der Waals surface area contributed by atoms with Gasteiger partial charge in [0, 0.05) is 49.7 Å². The average Bonchev–Trinajstić information content (AvgIpc) is 3.71. The normalized spacial score (nSPS) is 19.9. The van der Waals surface area contributed by atoms with Crippen LogP contribution < -0.4 is 10.6 Å². The van der Waals surface area contributed by atoms with Crippen LogP contribution in [0.3, 0.4) is 0 Å². The smallest absolute Gasteiger partial charge is 0.241 e. The Hall–Kier alpha value is -3.22. The summed E-state index contributed by atoms with van der Waals surface area (Å²) in [6.07, 6.45) is 11.0. The quantitative estimate of drug-likeness (QED) is 0.294. The molecule has 1 amide bonds. The fourth-order valence-corrected chi connectivity index (χ4v) is 6.75. The summed E-state index contributed by atoms with van der Waals surface area (Å²) in [5.74, 6) is 1.44. The van der Waals surface area contributed by atoms with Crippen LogP contribution in [0.1, 0.15) is 37.4 Å². The first kappa shape index (κ1) is 26.0. The lowest BCUT2D eigenvalue weighted by molar-refractivity contribution is -0.122. The third kappa shape index (κ3) is 6.18. The lowest BCUT2D eigenvalue weighted by atomic mass is 10.00. The zero-order valence-corrected chi connectivity index (χ0v) is 23.8. The van der Waals surface area contributed by atoms with Gasteiger partial charge in [-0.2, -0.15) is 16.4 Å². The number of piperidine rings is 1. The molecule has 0 aromatic carbocycles. The second-order valence-electron chi connectivity index (χ2n) is 10.5. The van der Waals surface area contributed by atoms with Crippen LogP contribution >= 0.6 is 23.3 Å². The zero-order chi connectivity index (χ0) is 26.8. The van der Waals surface area contributed by atoms with Gasteiger partial charge in [-0.1, -0.05) is 6.92 Å². The van der Waals surface area contributed by atoms with Gasteiger partial charge < -0.3 is 10.6 Å².